The van der Waals surface area contributed by atoms with Gasteiger partial charge in [-0.25, -0.2) is 14.3 Å². The Hall–Kier alpha value is -3.62. The maximum absolute atomic E-state index is 13.0. The van der Waals surface area contributed by atoms with Crippen molar-refractivity contribution in [2.45, 2.75) is 6.61 Å². The van der Waals surface area contributed by atoms with Crippen molar-refractivity contribution < 1.29 is 23.8 Å². The average Bonchev–Trinajstić information content (AvgIpc) is 3.28. The van der Waals surface area contributed by atoms with Crippen LogP contribution in [0.15, 0.2) is 77.3 Å². The maximum atomic E-state index is 13.0. The Kier molecular flexibility index (Phi) is 7.53. The first kappa shape index (κ1) is 24.5. The van der Waals surface area contributed by atoms with Gasteiger partial charge in [-0.05, 0) is 48.0 Å². The molecule has 0 amide bonds. The Balaban J connectivity index is 1.90. The van der Waals surface area contributed by atoms with Crippen molar-refractivity contribution in [1.29, 1.82) is 0 Å². The van der Waals surface area contributed by atoms with E-state index >= 15 is 0 Å². The van der Waals surface area contributed by atoms with Gasteiger partial charge in [-0.3, -0.25) is 0 Å². The van der Waals surface area contributed by atoms with Crippen molar-refractivity contribution in [3.05, 3.63) is 99.1 Å². The number of ether oxygens (including phenoxy) is 3. The third kappa shape index (κ3) is 5.23. The van der Waals surface area contributed by atoms with Crippen LogP contribution in [-0.2, 0) is 16.1 Å². The highest BCUT2D eigenvalue weighted by molar-refractivity contribution is 9.10. The normalized spacial score (nSPS) is 10.6. The molecule has 0 bridgehead atoms. The summed E-state index contributed by atoms with van der Waals surface area (Å²) < 4.78 is 18.2. The standard InChI is InChI=1S/C26H20BrClN2O5/c1-33-25(31)22-23(29-30(24(22)26(32)34-2)19-9-4-3-5-10-19)20-14-17(27)11-12-21(20)35-15-16-7-6-8-18(28)13-16/h3-14H,15H2,1-2H3. The number of carbonyl (C=O) groups is 2. The minimum Gasteiger partial charge on any atom is -0.488 e. The summed E-state index contributed by atoms with van der Waals surface area (Å²) in [7, 11) is 2.48. The van der Waals surface area contributed by atoms with Gasteiger partial charge in [-0.2, -0.15) is 5.10 Å². The molecule has 1 aromatic heterocycles. The van der Waals surface area contributed by atoms with Crippen molar-refractivity contribution >= 4 is 39.5 Å². The molecule has 4 rings (SSSR count). The lowest BCUT2D eigenvalue weighted by atomic mass is 10.0. The lowest BCUT2D eigenvalue weighted by Gasteiger charge is -2.12. The van der Waals surface area contributed by atoms with E-state index in [4.69, 9.17) is 25.8 Å². The third-order valence-corrected chi connectivity index (χ3v) is 5.86. The highest BCUT2D eigenvalue weighted by Crippen LogP contribution is 2.37. The molecule has 0 radical (unpaired) electrons. The molecule has 0 atom stereocenters. The summed E-state index contributed by atoms with van der Waals surface area (Å²) in [6.45, 7) is 0.228. The average molecular weight is 556 g/mol. The number of halogens is 2. The predicted octanol–water partition coefficient (Wildman–Crippen LogP) is 6.11. The van der Waals surface area contributed by atoms with Crippen LogP contribution in [0.5, 0.6) is 5.75 Å². The van der Waals surface area contributed by atoms with E-state index < -0.39 is 11.9 Å². The second-order valence-electron chi connectivity index (χ2n) is 7.36. The fourth-order valence-electron chi connectivity index (χ4n) is 3.54. The molecule has 9 heteroatoms. The van der Waals surface area contributed by atoms with E-state index in [0.717, 1.165) is 10.0 Å². The van der Waals surface area contributed by atoms with Gasteiger partial charge >= 0.3 is 11.9 Å². The molecule has 0 saturated heterocycles. The quantitative estimate of drug-likeness (QED) is 0.256. The number of carbonyl (C=O) groups excluding carboxylic acids is 2. The monoisotopic (exact) mass is 554 g/mol. The van der Waals surface area contributed by atoms with Gasteiger partial charge in [0, 0.05) is 15.1 Å². The number of benzene rings is 3. The van der Waals surface area contributed by atoms with Gasteiger partial charge in [0.05, 0.1) is 19.9 Å². The zero-order valence-electron chi connectivity index (χ0n) is 18.8. The first-order valence-electron chi connectivity index (χ1n) is 10.4. The minimum absolute atomic E-state index is 0.0334. The number of hydrogen-bond donors (Lipinski definition) is 0. The van der Waals surface area contributed by atoms with Crippen LogP contribution >= 0.6 is 27.5 Å². The summed E-state index contributed by atoms with van der Waals surface area (Å²) in [5.74, 6) is -1.01. The Morgan fingerprint density at radius 1 is 0.943 bits per heavy atom. The van der Waals surface area contributed by atoms with E-state index in [1.54, 1.807) is 48.5 Å². The summed E-state index contributed by atoms with van der Waals surface area (Å²) in [6.07, 6.45) is 0. The molecule has 0 aliphatic heterocycles. The zero-order chi connectivity index (χ0) is 24.9. The second kappa shape index (κ2) is 10.8. The van der Waals surface area contributed by atoms with Gasteiger partial charge in [-0.1, -0.05) is 57.9 Å². The highest BCUT2D eigenvalue weighted by Gasteiger charge is 2.32. The summed E-state index contributed by atoms with van der Waals surface area (Å²) in [5.41, 5.74) is 2.05. The van der Waals surface area contributed by atoms with Crippen molar-refractivity contribution in [2.24, 2.45) is 0 Å². The molecular formula is C26H20BrClN2O5. The van der Waals surface area contributed by atoms with Crippen LogP contribution in [-0.4, -0.2) is 35.9 Å². The fourth-order valence-corrected chi connectivity index (χ4v) is 4.12. The first-order valence-corrected chi connectivity index (χ1v) is 11.6. The number of aromatic nitrogens is 2. The van der Waals surface area contributed by atoms with Gasteiger partial charge in [0.25, 0.3) is 0 Å². The summed E-state index contributed by atoms with van der Waals surface area (Å²) in [4.78, 5) is 25.8. The van der Waals surface area contributed by atoms with Gasteiger partial charge in [0.15, 0.2) is 5.69 Å². The van der Waals surface area contributed by atoms with E-state index in [1.807, 2.05) is 24.3 Å². The molecule has 1 heterocycles. The second-order valence-corrected chi connectivity index (χ2v) is 8.71. The van der Waals surface area contributed by atoms with Crippen LogP contribution in [0.4, 0.5) is 0 Å². The topological polar surface area (TPSA) is 79.7 Å². The van der Waals surface area contributed by atoms with Crippen molar-refractivity contribution in [3.8, 4) is 22.7 Å². The maximum Gasteiger partial charge on any atom is 0.357 e. The Morgan fingerprint density at radius 3 is 2.37 bits per heavy atom. The van der Waals surface area contributed by atoms with Crippen molar-refractivity contribution in [3.63, 3.8) is 0 Å². The highest BCUT2D eigenvalue weighted by atomic mass is 79.9. The molecule has 0 unspecified atom stereocenters. The zero-order valence-corrected chi connectivity index (χ0v) is 21.2. The molecule has 3 aromatic carbocycles. The molecule has 0 aliphatic carbocycles. The molecule has 4 aromatic rings. The molecule has 0 spiro atoms. The Bertz CT molecular complexity index is 1390. The lowest BCUT2D eigenvalue weighted by Crippen LogP contribution is -2.15. The van der Waals surface area contributed by atoms with Crippen LogP contribution in [0.25, 0.3) is 16.9 Å². The van der Waals surface area contributed by atoms with E-state index in [-0.39, 0.29) is 23.6 Å². The van der Waals surface area contributed by atoms with Gasteiger partial charge in [0.2, 0.25) is 0 Å². The van der Waals surface area contributed by atoms with Crippen molar-refractivity contribution in [2.75, 3.05) is 14.2 Å². The van der Waals surface area contributed by atoms with Gasteiger partial charge < -0.3 is 14.2 Å². The van der Waals surface area contributed by atoms with Crippen LogP contribution in [0, 0.1) is 0 Å². The number of esters is 2. The van der Waals surface area contributed by atoms with Gasteiger partial charge in [0.1, 0.15) is 23.6 Å². The number of nitrogens with zero attached hydrogens (tertiary/aromatic N) is 2. The number of rotatable bonds is 7. The third-order valence-electron chi connectivity index (χ3n) is 5.13. The lowest BCUT2D eigenvalue weighted by molar-refractivity contribution is 0.0549. The van der Waals surface area contributed by atoms with E-state index in [9.17, 15) is 9.59 Å². The number of methoxy groups -OCH3 is 2. The molecule has 178 valence electrons. The van der Waals surface area contributed by atoms with Crippen LogP contribution < -0.4 is 4.74 Å². The van der Waals surface area contributed by atoms with E-state index in [2.05, 4.69) is 21.0 Å². The van der Waals surface area contributed by atoms with Crippen LogP contribution in [0.1, 0.15) is 26.4 Å². The first-order chi connectivity index (χ1) is 16.9. The summed E-state index contributed by atoms with van der Waals surface area (Å²) in [5, 5.41) is 5.25. The molecule has 7 nitrogen and oxygen atoms in total. The summed E-state index contributed by atoms with van der Waals surface area (Å²) >= 11 is 9.57. The van der Waals surface area contributed by atoms with Gasteiger partial charge in [-0.15, -0.1) is 0 Å². The smallest absolute Gasteiger partial charge is 0.357 e. The largest absolute Gasteiger partial charge is 0.488 e. The Morgan fingerprint density at radius 2 is 1.69 bits per heavy atom. The molecule has 0 aliphatic rings. The van der Waals surface area contributed by atoms with Crippen LogP contribution in [0.2, 0.25) is 5.02 Å². The van der Waals surface area contributed by atoms with E-state index in [1.165, 1.54) is 18.9 Å². The molecule has 0 saturated carbocycles. The Labute approximate surface area is 215 Å². The minimum atomic E-state index is -0.733. The summed E-state index contributed by atoms with van der Waals surface area (Å²) in [6, 6.07) is 21.6. The molecular weight excluding hydrogens is 536 g/mol. The van der Waals surface area contributed by atoms with Crippen molar-refractivity contribution in [1.82, 2.24) is 9.78 Å². The van der Waals surface area contributed by atoms with Crippen LogP contribution in [0.3, 0.4) is 0 Å². The number of para-hydroxylation sites is 1. The molecule has 0 N–H and O–H groups in total. The fraction of sp³-hybridized carbons (Fsp3) is 0.115. The SMILES string of the molecule is COC(=O)c1c(-c2cc(Br)ccc2OCc2cccc(Cl)c2)nn(-c2ccccc2)c1C(=O)OC. The molecule has 35 heavy (non-hydrogen) atoms. The van der Waals surface area contributed by atoms with E-state index in [0.29, 0.717) is 22.0 Å². The molecule has 0 fully saturated rings. The number of hydrogen-bond acceptors (Lipinski definition) is 6. The predicted molar refractivity (Wildman–Crippen MR) is 135 cm³/mol.